The quantitative estimate of drug-likeness (QED) is 0.816. The smallest absolute Gasteiger partial charge is 0.337 e. The molecule has 0 radical (unpaired) electrons. The number of halogens is 2. The number of carbonyl (C=O) groups excluding carboxylic acids is 2. The van der Waals surface area contributed by atoms with Crippen molar-refractivity contribution in [3.63, 3.8) is 0 Å². The third-order valence-electron chi connectivity index (χ3n) is 4.20. The molecule has 1 N–H and O–H groups in total. The second kappa shape index (κ2) is 6.46. The summed E-state index contributed by atoms with van der Waals surface area (Å²) in [6.45, 7) is 0. The lowest BCUT2D eigenvalue weighted by Gasteiger charge is -2.17. The van der Waals surface area contributed by atoms with Crippen LogP contribution in [0.3, 0.4) is 0 Å². The molecular formula is C18H15Cl2NO3. The zero-order valence-corrected chi connectivity index (χ0v) is 14.4. The maximum absolute atomic E-state index is 12.8. The van der Waals surface area contributed by atoms with Gasteiger partial charge in [-0.2, -0.15) is 0 Å². The average Bonchev–Trinajstić information content (AvgIpc) is 3.38. The Hall–Kier alpha value is -2.04. The van der Waals surface area contributed by atoms with Gasteiger partial charge >= 0.3 is 5.97 Å². The molecule has 4 nitrogen and oxygen atoms in total. The van der Waals surface area contributed by atoms with Gasteiger partial charge in [-0.15, -0.1) is 0 Å². The number of hydrogen-bond donors (Lipinski definition) is 1. The lowest BCUT2D eigenvalue weighted by Crippen LogP contribution is -2.28. The third kappa shape index (κ3) is 3.12. The van der Waals surface area contributed by atoms with Gasteiger partial charge < -0.3 is 10.1 Å². The second-order valence-electron chi connectivity index (χ2n) is 5.73. The summed E-state index contributed by atoms with van der Waals surface area (Å²) in [5.74, 6) is -0.646. The van der Waals surface area contributed by atoms with E-state index in [9.17, 15) is 9.59 Å². The van der Waals surface area contributed by atoms with E-state index in [2.05, 4.69) is 10.1 Å². The minimum atomic E-state index is -0.588. The molecule has 3 rings (SSSR count). The van der Waals surface area contributed by atoms with E-state index < -0.39 is 11.4 Å². The van der Waals surface area contributed by atoms with Gasteiger partial charge in [0.25, 0.3) is 0 Å². The molecule has 6 heteroatoms. The number of nitrogens with one attached hydrogen (secondary N) is 1. The number of ether oxygens (including phenoxy) is 1. The highest BCUT2D eigenvalue weighted by molar-refractivity contribution is 6.34. The van der Waals surface area contributed by atoms with Crippen LogP contribution in [0.25, 0.3) is 0 Å². The lowest BCUT2D eigenvalue weighted by atomic mass is 9.95. The Kier molecular flexibility index (Phi) is 4.52. The Morgan fingerprint density at radius 3 is 2.50 bits per heavy atom. The fourth-order valence-corrected chi connectivity index (χ4v) is 3.02. The summed E-state index contributed by atoms with van der Waals surface area (Å²) < 4.78 is 4.69. The van der Waals surface area contributed by atoms with E-state index in [1.165, 1.54) is 13.2 Å². The molecule has 1 aliphatic carbocycles. The van der Waals surface area contributed by atoms with Crippen LogP contribution in [0.15, 0.2) is 42.5 Å². The van der Waals surface area contributed by atoms with E-state index in [-0.39, 0.29) is 5.91 Å². The molecule has 0 heterocycles. The third-order valence-corrected chi connectivity index (χ3v) is 4.76. The van der Waals surface area contributed by atoms with Gasteiger partial charge in [0.05, 0.1) is 28.8 Å². The number of methoxy groups -OCH3 is 1. The van der Waals surface area contributed by atoms with Crippen molar-refractivity contribution in [3.8, 4) is 0 Å². The summed E-state index contributed by atoms with van der Waals surface area (Å²) >= 11 is 12.2. The summed E-state index contributed by atoms with van der Waals surface area (Å²) in [4.78, 5) is 24.4. The van der Waals surface area contributed by atoms with E-state index in [1.54, 1.807) is 24.3 Å². The van der Waals surface area contributed by atoms with Gasteiger partial charge in [-0.05, 0) is 48.7 Å². The van der Waals surface area contributed by atoms with Crippen molar-refractivity contribution in [1.82, 2.24) is 0 Å². The number of carbonyl (C=O) groups is 2. The van der Waals surface area contributed by atoms with Crippen molar-refractivity contribution >= 4 is 40.8 Å². The van der Waals surface area contributed by atoms with Crippen LogP contribution >= 0.6 is 23.2 Å². The molecule has 0 aromatic heterocycles. The normalized spacial score (nSPS) is 14.8. The Morgan fingerprint density at radius 2 is 1.88 bits per heavy atom. The van der Waals surface area contributed by atoms with Crippen molar-refractivity contribution < 1.29 is 14.3 Å². The Bertz CT molecular complexity index is 816. The van der Waals surface area contributed by atoms with E-state index in [4.69, 9.17) is 23.2 Å². The van der Waals surface area contributed by atoms with Gasteiger partial charge in [-0.25, -0.2) is 4.79 Å². The summed E-state index contributed by atoms with van der Waals surface area (Å²) in [6, 6.07) is 11.9. The standard InChI is InChI=1S/C18H15Cl2NO3/c1-24-16(22)11-5-6-14(20)15(9-11)21-17(23)18(7-8-18)12-3-2-4-13(19)10-12/h2-6,9-10H,7-8H2,1H3,(H,21,23). The van der Waals surface area contributed by atoms with Crippen LogP contribution in [-0.4, -0.2) is 19.0 Å². The number of benzene rings is 2. The maximum Gasteiger partial charge on any atom is 0.337 e. The Morgan fingerprint density at radius 1 is 1.12 bits per heavy atom. The van der Waals surface area contributed by atoms with Crippen LogP contribution in [-0.2, 0) is 14.9 Å². The first kappa shape index (κ1) is 16.8. The number of amides is 1. The molecule has 2 aromatic carbocycles. The Labute approximate surface area is 149 Å². The molecule has 124 valence electrons. The van der Waals surface area contributed by atoms with Gasteiger partial charge in [0.15, 0.2) is 0 Å². The first-order valence-corrected chi connectivity index (χ1v) is 8.17. The van der Waals surface area contributed by atoms with Crippen molar-refractivity contribution in [3.05, 3.63) is 63.6 Å². The number of rotatable bonds is 4. The van der Waals surface area contributed by atoms with E-state index in [1.807, 2.05) is 12.1 Å². The minimum Gasteiger partial charge on any atom is -0.465 e. The molecule has 1 fully saturated rings. The van der Waals surface area contributed by atoms with E-state index in [0.29, 0.717) is 21.3 Å². The van der Waals surface area contributed by atoms with Crippen molar-refractivity contribution in [2.24, 2.45) is 0 Å². The number of hydrogen-bond acceptors (Lipinski definition) is 3. The molecule has 1 aliphatic rings. The molecular weight excluding hydrogens is 349 g/mol. The number of esters is 1. The Balaban J connectivity index is 1.86. The fraction of sp³-hybridized carbons (Fsp3) is 0.222. The molecule has 1 saturated carbocycles. The zero-order valence-electron chi connectivity index (χ0n) is 12.9. The van der Waals surface area contributed by atoms with Crippen LogP contribution in [0.5, 0.6) is 0 Å². The summed E-state index contributed by atoms with van der Waals surface area (Å²) in [6.07, 6.45) is 1.49. The fourth-order valence-electron chi connectivity index (χ4n) is 2.67. The van der Waals surface area contributed by atoms with Crippen molar-refractivity contribution in [2.45, 2.75) is 18.3 Å². The van der Waals surface area contributed by atoms with Crippen molar-refractivity contribution in [2.75, 3.05) is 12.4 Å². The molecule has 0 saturated heterocycles. The van der Waals surface area contributed by atoms with Crippen LogP contribution in [0.1, 0.15) is 28.8 Å². The van der Waals surface area contributed by atoms with Gasteiger partial charge in [-0.3, -0.25) is 4.79 Å². The molecule has 0 aliphatic heterocycles. The zero-order chi connectivity index (χ0) is 17.3. The van der Waals surface area contributed by atoms with Gasteiger partial charge in [0, 0.05) is 5.02 Å². The lowest BCUT2D eigenvalue weighted by molar-refractivity contribution is -0.118. The maximum atomic E-state index is 12.8. The van der Waals surface area contributed by atoms with Gasteiger partial charge in [-0.1, -0.05) is 35.3 Å². The minimum absolute atomic E-state index is 0.159. The van der Waals surface area contributed by atoms with Gasteiger partial charge in [0.1, 0.15) is 0 Å². The van der Waals surface area contributed by atoms with E-state index in [0.717, 1.165) is 18.4 Å². The predicted molar refractivity (Wildman–Crippen MR) is 93.8 cm³/mol. The highest BCUT2D eigenvalue weighted by Crippen LogP contribution is 2.49. The summed E-state index contributed by atoms with van der Waals surface area (Å²) in [5, 5.41) is 3.78. The van der Waals surface area contributed by atoms with Crippen molar-refractivity contribution in [1.29, 1.82) is 0 Å². The van der Waals surface area contributed by atoms with E-state index >= 15 is 0 Å². The molecule has 1 amide bonds. The topological polar surface area (TPSA) is 55.4 Å². The highest BCUT2D eigenvalue weighted by atomic mass is 35.5. The molecule has 0 bridgehead atoms. The molecule has 24 heavy (non-hydrogen) atoms. The van der Waals surface area contributed by atoms with Gasteiger partial charge in [0.2, 0.25) is 5.91 Å². The predicted octanol–water partition coefficient (Wildman–Crippen LogP) is 4.45. The highest BCUT2D eigenvalue weighted by Gasteiger charge is 2.51. The first-order valence-electron chi connectivity index (χ1n) is 7.42. The SMILES string of the molecule is COC(=O)c1ccc(Cl)c(NC(=O)C2(c3cccc(Cl)c3)CC2)c1. The van der Waals surface area contributed by atoms with Crippen LogP contribution in [0.2, 0.25) is 10.0 Å². The molecule has 0 atom stereocenters. The monoisotopic (exact) mass is 363 g/mol. The second-order valence-corrected chi connectivity index (χ2v) is 6.58. The first-order chi connectivity index (χ1) is 11.5. The van der Waals surface area contributed by atoms with Crippen LogP contribution in [0.4, 0.5) is 5.69 Å². The summed E-state index contributed by atoms with van der Waals surface area (Å²) in [7, 11) is 1.30. The molecule has 0 unspecified atom stereocenters. The van der Waals surface area contributed by atoms with Crippen LogP contribution < -0.4 is 5.32 Å². The summed E-state index contributed by atoms with van der Waals surface area (Å²) in [5.41, 5.74) is 1.01. The average molecular weight is 364 g/mol. The van der Waals surface area contributed by atoms with Crippen LogP contribution in [0, 0.1) is 0 Å². The molecule has 0 spiro atoms. The number of anilines is 1. The molecule has 2 aromatic rings. The largest absolute Gasteiger partial charge is 0.465 e.